The van der Waals surface area contributed by atoms with Crippen LogP contribution in [0.1, 0.15) is 30.9 Å². The number of morpholine rings is 1. The van der Waals surface area contributed by atoms with Crippen LogP contribution in [0.15, 0.2) is 24.3 Å². The Balaban J connectivity index is 1.98. The molecule has 1 aromatic carbocycles. The van der Waals surface area contributed by atoms with Crippen molar-refractivity contribution in [1.29, 1.82) is 0 Å². The van der Waals surface area contributed by atoms with Crippen LogP contribution >= 0.6 is 0 Å². The number of hydrogen-bond acceptors (Lipinski definition) is 6. The largest absolute Gasteiger partial charge is 0.507 e. The Morgan fingerprint density at radius 1 is 1.28 bits per heavy atom. The summed E-state index contributed by atoms with van der Waals surface area (Å²) in [5.74, 6) is 1.23. The third-order valence-electron chi connectivity index (χ3n) is 4.51. The summed E-state index contributed by atoms with van der Waals surface area (Å²) in [6, 6.07) is 7.62. The van der Waals surface area contributed by atoms with Crippen molar-refractivity contribution in [2.45, 2.75) is 32.8 Å². The smallest absolute Gasteiger partial charge is 0.151 e. The van der Waals surface area contributed by atoms with E-state index in [2.05, 4.69) is 28.9 Å². The van der Waals surface area contributed by atoms with Gasteiger partial charge in [0.2, 0.25) is 0 Å². The van der Waals surface area contributed by atoms with Gasteiger partial charge in [-0.05, 0) is 42.2 Å². The number of benzene rings is 1. The number of nitrogens with zero attached hydrogens (tertiary/aromatic N) is 3. The van der Waals surface area contributed by atoms with Gasteiger partial charge < -0.3 is 19.8 Å². The Bertz CT molecular complexity index is 749. The first-order valence-corrected chi connectivity index (χ1v) is 8.64. The van der Waals surface area contributed by atoms with Gasteiger partial charge in [-0.1, -0.05) is 19.9 Å². The van der Waals surface area contributed by atoms with E-state index in [-0.39, 0.29) is 24.4 Å². The standard InChI is InChI=1S/C19H25N3O3/c1-12(2)16-9-18(22-6-7-25-14(10-22)11-23)20-21-19(16)15-5-4-13(3)8-17(15)24/h4-5,8-9,12,14,23-24H,6-7,10-11H2,1-3H3/t14-/m0/s1. The van der Waals surface area contributed by atoms with E-state index < -0.39 is 0 Å². The molecule has 1 aromatic heterocycles. The van der Waals surface area contributed by atoms with Crippen molar-refractivity contribution in [2.75, 3.05) is 31.2 Å². The van der Waals surface area contributed by atoms with E-state index in [1.54, 1.807) is 6.07 Å². The monoisotopic (exact) mass is 343 g/mol. The second-order valence-corrected chi connectivity index (χ2v) is 6.80. The van der Waals surface area contributed by atoms with Gasteiger partial charge in [-0.15, -0.1) is 10.2 Å². The summed E-state index contributed by atoms with van der Waals surface area (Å²) in [4.78, 5) is 2.09. The summed E-state index contributed by atoms with van der Waals surface area (Å²) >= 11 is 0. The maximum Gasteiger partial charge on any atom is 0.151 e. The molecule has 1 aliphatic rings. The van der Waals surface area contributed by atoms with Gasteiger partial charge in [0, 0.05) is 18.7 Å². The van der Waals surface area contributed by atoms with Crippen LogP contribution in [0.5, 0.6) is 5.75 Å². The summed E-state index contributed by atoms with van der Waals surface area (Å²) in [7, 11) is 0. The Morgan fingerprint density at radius 3 is 2.76 bits per heavy atom. The molecule has 2 heterocycles. The topological polar surface area (TPSA) is 78.7 Å². The zero-order valence-electron chi connectivity index (χ0n) is 14.9. The zero-order valence-corrected chi connectivity index (χ0v) is 14.9. The van der Waals surface area contributed by atoms with Crippen LogP contribution in [0.4, 0.5) is 5.82 Å². The van der Waals surface area contributed by atoms with Gasteiger partial charge in [-0.3, -0.25) is 0 Å². The van der Waals surface area contributed by atoms with Crippen molar-refractivity contribution >= 4 is 5.82 Å². The highest BCUT2D eigenvalue weighted by molar-refractivity contribution is 5.71. The van der Waals surface area contributed by atoms with E-state index in [0.717, 1.165) is 23.5 Å². The van der Waals surface area contributed by atoms with Crippen molar-refractivity contribution < 1.29 is 14.9 Å². The summed E-state index contributed by atoms with van der Waals surface area (Å²) in [5.41, 5.74) is 3.45. The number of anilines is 1. The third kappa shape index (κ3) is 3.75. The summed E-state index contributed by atoms with van der Waals surface area (Å²) in [6.07, 6.45) is -0.195. The van der Waals surface area contributed by atoms with Gasteiger partial charge in [-0.25, -0.2) is 0 Å². The number of phenolic OH excluding ortho intramolecular Hbond substituents is 1. The first-order chi connectivity index (χ1) is 12.0. The van der Waals surface area contributed by atoms with E-state index in [0.29, 0.717) is 24.4 Å². The molecule has 134 valence electrons. The summed E-state index contributed by atoms with van der Waals surface area (Å²) < 4.78 is 5.50. The molecule has 0 radical (unpaired) electrons. The molecule has 3 rings (SSSR count). The minimum Gasteiger partial charge on any atom is -0.507 e. The molecule has 0 aliphatic carbocycles. The molecule has 1 saturated heterocycles. The van der Waals surface area contributed by atoms with Crippen molar-refractivity contribution in [3.05, 3.63) is 35.4 Å². The van der Waals surface area contributed by atoms with Crippen LogP contribution in [-0.2, 0) is 4.74 Å². The van der Waals surface area contributed by atoms with Crippen molar-refractivity contribution in [3.8, 4) is 17.0 Å². The SMILES string of the molecule is Cc1ccc(-c2nnc(N3CCO[C@H](CO)C3)cc2C(C)C)c(O)c1. The number of phenols is 1. The number of ether oxygens (including phenoxy) is 1. The number of aromatic nitrogens is 2. The average molecular weight is 343 g/mol. The summed E-state index contributed by atoms with van der Waals surface area (Å²) in [5, 5.41) is 28.5. The summed E-state index contributed by atoms with van der Waals surface area (Å²) in [6.45, 7) is 8.02. The van der Waals surface area contributed by atoms with Gasteiger partial charge in [0.15, 0.2) is 5.82 Å². The third-order valence-corrected chi connectivity index (χ3v) is 4.51. The molecule has 0 amide bonds. The van der Waals surface area contributed by atoms with Crippen LogP contribution in [0.3, 0.4) is 0 Å². The number of rotatable bonds is 4. The van der Waals surface area contributed by atoms with Gasteiger partial charge in [0.1, 0.15) is 11.4 Å². The molecule has 2 N–H and O–H groups in total. The fourth-order valence-electron chi connectivity index (χ4n) is 3.08. The number of aryl methyl sites for hydroxylation is 1. The number of aromatic hydroxyl groups is 1. The maximum atomic E-state index is 10.3. The van der Waals surface area contributed by atoms with E-state index in [9.17, 15) is 10.2 Å². The average Bonchev–Trinajstić information content (AvgIpc) is 2.61. The highest BCUT2D eigenvalue weighted by atomic mass is 16.5. The van der Waals surface area contributed by atoms with Crippen molar-refractivity contribution in [1.82, 2.24) is 10.2 Å². The van der Waals surface area contributed by atoms with Gasteiger partial charge in [0.25, 0.3) is 0 Å². The molecule has 0 spiro atoms. The number of aliphatic hydroxyl groups is 1. The Labute approximate surface area is 148 Å². The minimum atomic E-state index is -0.195. The van der Waals surface area contributed by atoms with Gasteiger partial charge in [-0.2, -0.15) is 0 Å². The van der Waals surface area contributed by atoms with Crippen LogP contribution in [-0.4, -0.2) is 52.8 Å². The fraction of sp³-hybridized carbons (Fsp3) is 0.474. The molecule has 0 unspecified atom stereocenters. The van der Waals surface area contributed by atoms with Crippen LogP contribution in [0.25, 0.3) is 11.3 Å². The van der Waals surface area contributed by atoms with Crippen LogP contribution < -0.4 is 4.90 Å². The normalized spacial score (nSPS) is 18.0. The van der Waals surface area contributed by atoms with Crippen molar-refractivity contribution in [3.63, 3.8) is 0 Å². The van der Waals surface area contributed by atoms with Crippen molar-refractivity contribution in [2.24, 2.45) is 0 Å². The molecule has 1 atom stereocenters. The Hall–Kier alpha value is -2.18. The second kappa shape index (κ2) is 7.37. The lowest BCUT2D eigenvalue weighted by molar-refractivity contribution is 0.00332. The lowest BCUT2D eigenvalue weighted by atomic mass is 9.96. The molecule has 2 aromatic rings. The first kappa shape index (κ1) is 17.6. The predicted molar refractivity (Wildman–Crippen MR) is 97.0 cm³/mol. The molecule has 1 fully saturated rings. The molecule has 25 heavy (non-hydrogen) atoms. The first-order valence-electron chi connectivity index (χ1n) is 8.64. The predicted octanol–water partition coefficient (Wildman–Crippen LogP) is 2.48. The molecule has 6 nitrogen and oxygen atoms in total. The Morgan fingerprint density at radius 2 is 2.08 bits per heavy atom. The van der Waals surface area contributed by atoms with Crippen LogP contribution in [0, 0.1) is 6.92 Å². The zero-order chi connectivity index (χ0) is 18.0. The molecule has 6 heteroatoms. The van der Waals surface area contributed by atoms with E-state index in [4.69, 9.17) is 4.74 Å². The molecule has 0 bridgehead atoms. The van der Waals surface area contributed by atoms with Gasteiger partial charge in [0.05, 0.1) is 19.3 Å². The highest BCUT2D eigenvalue weighted by Crippen LogP contribution is 2.35. The number of aliphatic hydroxyl groups excluding tert-OH is 1. The molecular weight excluding hydrogens is 318 g/mol. The van der Waals surface area contributed by atoms with Gasteiger partial charge >= 0.3 is 0 Å². The maximum absolute atomic E-state index is 10.3. The van der Waals surface area contributed by atoms with E-state index >= 15 is 0 Å². The van der Waals surface area contributed by atoms with E-state index in [1.807, 2.05) is 25.1 Å². The number of hydrogen-bond donors (Lipinski definition) is 2. The molecule has 1 aliphatic heterocycles. The second-order valence-electron chi connectivity index (χ2n) is 6.80. The lowest BCUT2D eigenvalue weighted by Gasteiger charge is -2.33. The lowest BCUT2D eigenvalue weighted by Crippen LogP contribution is -2.44. The Kier molecular flexibility index (Phi) is 5.20. The molecular formula is C19H25N3O3. The molecule has 0 saturated carbocycles. The minimum absolute atomic E-state index is 0.00368. The highest BCUT2D eigenvalue weighted by Gasteiger charge is 2.23. The van der Waals surface area contributed by atoms with Crippen LogP contribution in [0.2, 0.25) is 0 Å². The fourth-order valence-corrected chi connectivity index (χ4v) is 3.08. The van der Waals surface area contributed by atoms with E-state index in [1.165, 1.54) is 0 Å². The quantitative estimate of drug-likeness (QED) is 0.888.